The van der Waals surface area contributed by atoms with Gasteiger partial charge in [0.15, 0.2) is 0 Å². The number of anilines is 1. The lowest BCUT2D eigenvalue weighted by Crippen LogP contribution is -2.16. The Kier molecular flexibility index (Phi) is 7.03. The molecular formula is C23H24N2O3S. The van der Waals surface area contributed by atoms with Gasteiger partial charge in [0.1, 0.15) is 10.8 Å². The number of primary amides is 1. The Morgan fingerprint density at radius 3 is 2.41 bits per heavy atom. The van der Waals surface area contributed by atoms with Crippen molar-refractivity contribution in [2.24, 2.45) is 5.73 Å². The molecule has 2 amide bonds. The van der Waals surface area contributed by atoms with Crippen molar-refractivity contribution < 1.29 is 14.3 Å². The molecule has 3 rings (SSSR count). The van der Waals surface area contributed by atoms with E-state index in [0.717, 1.165) is 35.5 Å². The summed E-state index contributed by atoms with van der Waals surface area (Å²) >= 11 is 1.33. The quantitative estimate of drug-likeness (QED) is 0.469. The summed E-state index contributed by atoms with van der Waals surface area (Å²) in [5, 5.41) is 3.26. The third kappa shape index (κ3) is 5.45. The maximum atomic E-state index is 12.6. The first kappa shape index (κ1) is 20.6. The maximum absolute atomic E-state index is 12.6. The second kappa shape index (κ2) is 9.89. The second-order valence-electron chi connectivity index (χ2n) is 6.62. The zero-order valence-electron chi connectivity index (χ0n) is 16.3. The van der Waals surface area contributed by atoms with Crippen LogP contribution in [0, 0.1) is 0 Å². The van der Waals surface area contributed by atoms with Crippen LogP contribution in [-0.2, 0) is 0 Å². The van der Waals surface area contributed by atoms with Crippen molar-refractivity contribution in [3.05, 3.63) is 71.8 Å². The number of carbonyl (C=O) groups excluding carboxylic acids is 2. The molecule has 1 heterocycles. The Hall–Kier alpha value is -3.12. The van der Waals surface area contributed by atoms with E-state index in [1.165, 1.54) is 11.3 Å². The van der Waals surface area contributed by atoms with Gasteiger partial charge < -0.3 is 15.8 Å². The van der Waals surface area contributed by atoms with Crippen LogP contribution in [-0.4, -0.2) is 18.4 Å². The van der Waals surface area contributed by atoms with Crippen LogP contribution < -0.4 is 15.8 Å². The number of benzene rings is 2. The highest BCUT2D eigenvalue weighted by molar-refractivity contribution is 7.20. The van der Waals surface area contributed by atoms with E-state index in [4.69, 9.17) is 10.5 Å². The molecular weight excluding hydrogens is 384 g/mol. The summed E-state index contributed by atoms with van der Waals surface area (Å²) in [6.45, 7) is 2.81. The molecule has 150 valence electrons. The van der Waals surface area contributed by atoms with Crippen molar-refractivity contribution in [2.75, 3.05) is 11.9 Å². The molecule has 29 heavy (non-hydrogen) atoms. The first-order valence-corrected chi connectivity index (χ1v) is 10.4. The van der Waals surface area contributed by atoms with Gasteiger partial charge >= 0.3 is 0 Å². The number of thiophene rings is 1. The minimum Gasteiger partial charge on any atom is -0.494 e. The van der Waals surface area contributed by atoms with Gasteiger partial charge in [0.25, 0.3) is 11.8 Å². The molecule has 0 aliphatic heterocycles. The van der Waals surface area contributed by atoms with Crippen molar-refractivity contribution in [3.8, 4) is 16.2 Å². The predicted molar refractivity (Wildman–Crippen MR) is 118 cm³/mol. The van der Waals surface area contributed by atoms with Gasteiger partial charge in [-0.05, 0) is 42.3 Å². The molecule has 2 aromatic carbocycles. The molecule has 0 aliphatic carbocycles. The van der Waals surface area contributed by atoms with E-state index in [1.807, 2.05) is 30.3 Å². The molecule has 0 aliphatic rings. The fraction of sp³-hybridized carbons (Fsp3) is 0.217. The molecule has 0 atom stereocenters. The molecule has 6 heteroatoms. The highest BCUT2D eigenvalue weighted by atomic mass is 32.1. The molecule has 0 saturated heterocycles. The van der Waals surface area contributed by atoms with Gasteiger partial charge in [-0.1, -0.05) is 50.1 Å². The lowest BCUT2D eigenvalue weighted by molar-refractivity contribution is 0.100. The number of nitrogens with one attached hydrogen (secondary N) is 1. The van der Waals surface area contributed by atoms with E-state index in [9.17, 15) is 9.59 Å². The molecule has 0 bridgehead atoms. The fourth-order valence-electron chi connectivity index (χ4n) is 2.83. The summed E-state index contributed by atoms with van der Waals surface area (Å²) in [6.07, 6.45) is 3.29. The average molecular weight is 409 g/mol. The minimum atomic E-state index is -0.574. The Morgan fingerprint density at radius 2 is 1.76 bits per heavy atom. The number of ether oxygens (including phenoxy) is 1. The van der Waals surface area contributed by atoms with Crippen LogP contribution in [0.3, 0.4) is 0 Å². The SMILES string of the molecule is CCCCCOc1ccc(C(=O)Nc2sc(-c3ccccc3)cc2C(N)=O)cc1. The average Bonchev–Trinajstić information content (AvgIpc) is 3.16. The molecule has 3 aromatic rings. The summed E-state index contributed by atoms with van der Waals surface area (Å²) in [4.78, 5) is 25.4. The second-order valence-corrected chi connectivity index (χ2v) is 7.67. The summed E-state index contributed by atoms with van der Waals surface area (Å²) in [5.74, 6) is -0.140. The highest BCUT2D eigenvalue weighted by Gasteiger charge is 2.17. The first-order chi connectivity index (χ1) is 14.1. The van der Waals surface area contributed by atoms with E-state index >= 15 is 0 Å². The Bertz CT molecular complexity index is 966. The number of nitrogens with two attached hydrogens (primary N) is 1. The summed E-state index contributed by atoms with van der Waals surface area (Å²) in [7, 11) is 0. The topological polar surface area (TPSA) is 81.4 Å². The highest BCUT2D eigenvalue weighted by Crippen LogP contribution is 2.35. The maximum Gasteiger partial charge on any atom is 0.256 e. The lowest BCUT2D eigenvalue weighted by atomic mass is 10.1. The normalized spacial score (nSPS) is 10.5. The van der Waals surface area contributed by atoms with Gasteiger partial charge in [-0.15, -0.1) is 11.3 Å². The van der Waals surface area contributed by atoms with E-state index in [-0.39, 0.29) is 5.91 Å². The van der Waals surface area contributed by atoms with Gasteiger partial charge in [-0.25, -0.2) is 0 Å². The van der Waals surface area contributed by atoms with Crippen molar-refractivity contribution in [1.82, 2.24) is 0 Å². The Labute approximate surface area is 174 Å². The molecule has 5 nitrogen and oxygen atoms in total. The lowest BCUT2D eigenvalue weighted by Gasteiger charge is -2.07. The van der Waals surface area contributed by atoms with Gasteiger partial charge in [-0.2, -0.15) is 0 Å². The molecule has 0 fully saturated rings. The van der Waals surface area contributed by atoms with E-state index < -0.39 is 5.91 Å². The number of unbranched alkanes of at least 4 members (excludes halogenated alkanes) is 2. The minimum absolute atomic E-state index is 0.300. The van der Waals surface area contributed by atoms with Crippen molar-refractivity contribution in [1.29, 1.82) is 0 Å². The summed E-state index contributed by atoms with van der Waals surface area (Å²) in [5.41, 5.74) is 7.26. The number of carbonyl (C=O) groups is 2. The fourth-order valence-corrected chi connectivity index (χ4v) is 3.90. The van der Waals surface area contributed by atoms with Gasteiger partial charge in [0, 0.05) is 10.4 Å². The van der Waals surface area contributed by atoms with Crippen LogP contribution >= 0.6 is 11.3 Å². The van der Waals surface area contributed by atoms with Gasteiger partial charge in [-0.3, -0.25) is 9.59 Å². The largest absolute Gasteiger partial charge is 0.494 e. The zero-order valence-corrected chi connectivity index (χ0v) is 17.1. The number of amides is 2. The monoisotopic (exact) mass is 408 g/mol. The molecule has 0 radical (unpaired) electrons. The molecule has 0 spiro atoms. The number of hydrogen-bond acceptors (Lipinski definition) is 4. The van der Waals surface area contributed by atoms with Crippen molar-refractivity contribution >= 4 is 28.2 Å². The smallest absolute Gasteiger partial charge is 0.256 e. The standard InChI is InChI=1S/C23H24N2O3S/c1-2-3-7-14-28-18-12-10-17(11-13-18)22(27)25-23-19(21(24)26)15-20(29-23)16-8-5-4-6-9-16/h4-6,8-13,15H,2-3,7,14H2,1H3,(H2,24,26)(H,25,27). The van der Waals surface area contributed by atoms with Gasteiger partial charge in [0.05, 0.1) is 12.2 Å². The third-order valence-corrected chi connectivity index (χ3v) is 5.52. The summed E-state index contributed by atoms with van der Waals surface area (Å²) in [6, 6.07) is 18.3. The third-order valence-electron chi connectivity index (χ3n) is 4.42. The molecule has 0 unspecified atom stereocenters. The van der Waals surface area contributed by atoms with Crippen LogP contribution in [0.15, 0.2) is 60.7 Å². The van der Waals surface area contributed by atoms with Crippen LogP contribution in [0.2, 0.25) is 0 Å². The van der Waals surface area contributed by atoms with E-state index in [2.05, 4.69) is 12.2 Å². The Balaban J connectivity index is 1.71. The van der Waals surface area contributed by atoms with Gasteiger partial charge in [0.2, 0.25) is 0 Å². The zero-order chi connectivity index (χ0) is 20.6. The van der Waals surface area contributed by atoms with Crippen LogP contribution in [0.25, 0.3) is 10.4 Å². The molecule has 1 aromatic heterocycles. The first-order valence-electron chi connectivity index (χ1n) is 9.61. The van der Waals surface area contributed by atoms with Crippen LogP contribution in [0.5, 0.6) is 5.75 Å². The van der Waals surface area contributed by atoms with Crippen LogP contribution in [0.4, 0.5) is 5.00 Å². The predicted octanol–water partition coefficient (Wildman–Crippen LogP) is 5.34. The van der Waals surface area contributed by atoms with E-state index in [1.54, 1.807) is 30.3 Å². The Morgan fingerprint density at radius 1 is 1.03 bits per heavy atom. The van der Waals surface area contributed by atoms with Crippen molar-refractivity contribution in [2.45, 2.75) is 26.2 Å². The van der Waals surface area contributed by atoms with E-state index in [0.29, 0.717) is 22.7 Å². The summed E-state index contributed by atoms with van der Waals surface area (Å²) < 4.78 is 5.67. The molecule has 3 N–H and O–H groups in total. The van der Waals surface area contributed by atoms with Crippen molar-refractivity contribution in [3.63, 3.8) is 0 Å². The molecule has 0 saturated carbocycles. The number of hydrogen-bond donors (Lipinski definition) is 2. The number of rotatable bonds is 9. The van der Waals surface area contributed by atoms with Crippen LogP contribution in [0.1, 0.15) is 46.9 Å².